The Morgan fingerprint density at radius 3 is 2.19 bits per heavy atom. The summed E-state index contributed by atoms with van der Waals surface area (Å²) in [5.41, 5.74) is -0.106. The van der Waals surface area contributed by atoms with Crippen molar-refractivity contribution >= 4 is 28.8 Å². The third kappa shape index (κ3) is 3.44. The molecule has 4 rings (SSSR count). The number of amides is 1. The SMILES string of the molecule is O=C1C(=O)N(c2ccc(F)cc2)C(c2ccccc2[N+](=O)[O-])/C1=C(/O)c1ccccc1. The second kappa shape index (κ2) is 7.83. The molecule has 1 saturated heterocycles. The molecule has 1 fully saturated rings. The number of carbonyl (C=O) groups is 2. The molecule has 3 aromatic carbocycles. The molecule has 1 amide bonds. The molecule has 1 heterocycles. The maximum atomic E-state index is 13.5. The molecular formula is C23H15FN2O5. The van der Waals surface area contributed by atoms with Gasteiger partial charge in [-0.25, -0.2) is 4.39 Å². The Balaban J connectivity index is 2.01. The zero-order valence-corrected chi connectivity index (χ0v) is 15.9. The van der Waals surface area contributed by atoms with E-state index in [1.54, 1.807) is 30.3 Å². The number of para-hydroxylation sites is 1. The average Bonchev–Trinajstić information content (AvgIpc) is 3.05. The number of nitrogens with zero attached hydrogens (tertiary/aromatic N) is 2. The number of nitro benzene ring substituents is 1. The number of benzene rings is 3. The predicted molar refractivity (Wildman–Crippen MR) is 111 cm³/mol. The lowest BCUT2D eigenvalue weighted by atomic mass is 9.94. The summed E-state index contributed by atoms with van der Waals surface area (Å²) in [6.07, 6.45) is 0. The van der Waals surface area contributed by atoms with Gasteiger partial charge in [-0.15, -0.1) is 0 Å². The normalized spacial score (nSPS) is 17.7. The largest absolute Gasteiger partial charge is 0.507 e. The molecule has 1 aliphatic rings. The predicted octanol–water partition coefficient (Wildman–Crippen LogP) is 4.36. The van der Waals surface area contributed by atoms with Crippen LogP contribution >= 0.6 is 0 Å². The number of nitro groups is 1. The van der Waals surface area contributed by atoms with Gasteiger partial charge in [0.1, 0.15) is 17.6 Å². The van der Waals surface area contributed by atoms with E-state index in [9.17, 15) is 29.2 Å². The van der Waals surface area contributed by atoms with Crippen molar-refractivity contribution in [1.82, 2.24) is 0 Å². The van der Waals surface area contributed by atoms with Crippen molar-refractivity contribution in [1.29, 1.82) is 0 Å². The number of Topliss-reactive ketones (excluding diaryl/α,β-unsaturated/α-hetero) is 1. The highest BCUT2D eigenvalue weighted by molar-refractivity contribution is 6.51. The molecule has 154 valence electrons. The van der Waals surface area contributed by atoms with E-state index < -0.39 is 34.2 Å². The molecule has 0 aliphatic carbocycles. The quantitative estimate of drug-likeness (QED) is 0.223. The molecule has 31 heavy (non-hydrogen) atoms. The third-order valence-electron chi connectivity index (χ3n) is 5.02. The van der Waals surface area contributed by atoms with Crippen molar-refractivity contribution in [3.05, 3.63) is 111 Å². The molecule has 1 N–H and O–H groups in total. The second-order valence-electron chi connectivity index (χ2n) is 6.83. The lowest BCUT2D eigenvalue weighted by Gasteiger charge is -2.25. The minimum atomic E-state index is -1.27. The number of ketones is 1. The molecule has 1 unspecified atom stereocenters. The van der Waals surface area contributed by atoms with E-state index in [-0.39, 0.29) is 28.1 Å². The van der Waals surface area contributed by atoms with Crippen molar-refractivity contribution in [3.8, 4) is 0 Å². The third-order valence-corrected chi connectivity index (χ3v) is 5.02. The first-order valence-electron chi connectivity index (χ1n) is 9.25. The van der Waals surface area contributed by atoms with Crippen LogP contribution in [0.5, 0.6) is 0 Å². The summed E-state index contributed by atoms with van der Waals surface area (Å²) in [7, 11) is 0. The number of hydrogen-bond acceptors (Lipinski definition) is 5. The molecule has 1 atom stereocenters. The van der Waals surface area contributed by atoms with Gasteiger partial charge in [-0.3, -0.25) is 24.6 Å². The first-order chi connectivity index (χ1) is 14.9. The molecule has 1 aliphatic heterocycles. The summed E-state index contributed by atoms with van der Waals surface area (Å²) < 4.78 is 13.5. The van der Waals surface area contributed by atoms with E-state index in [2.05, 4.69) is 0 Å². The number of anilines is 1. The monoisotopic (exact) mass is 418 g/mol. The topological polar surface area (TPSA) is 101 Å². The number of halogens is 1. The number of hydrogen-bond donors (Lipinski definition) is 1. The molecular weight excluding hydrogens is 403 g/mol. The van der Waals surface area contributed by atoms with Gasteiger partial charge >= 0.3 is 0 Å². The van der Waals surface area contributed by atoms with Gasteiger partial charge in [0.25, 0.3) is 17.4 Å². The molecule has 0 aromatic heterocycles. The van der Waals surface area contributed by atoms with Crippen LogP contribution < -0.4 is 4.90 Å². The molecule has 0 saturated carbocycles. The molecule has 8 heteroatoms. The Hall–Kier alpha value is -4.33. The highest BCUT2D eigenvalue weighted by atomic mass is 19.1. The van der Waals surface area contributed by atoms with Crippen LogP contribution in [-0.2, 0) is 9.59 Å². The van der Waals surface area contributed by atoms with Gasteiger partial charge in [-0.1, -0.05) is 42.5 Å². The summed E-state index contributed by atoms with van der Waals surface area (Å²) in [5, 5.41) is 22.6. The van der Waals surface area contributed by atoms with Crippen LogP contribution in [0.15, 0.2) is 84.4 Å². The van der Waals surface area contributed by atoms with Crippen LogP contribution in [0, 0.1) is 15.9 Å². The maximum absolute atomic E-state index is 13.5. The maximum Gasteiger partial charge on any atom is 0.300 e. The van der Waals surface area contributed by atoms with Crippen LogP contribution in [0.1, 0.15) is 17.2 Å². The van der Waals surface area contributed by atoms with Gasteiger partial charge in [0.15, 0.2) is 0 Å². The Bertz CT molecular complexity index is 1220. The zero-order valence-electron chi connectivity index (χ0n) is 15.9. The number of aliphatic hydroxyl groups excluding tert-OH is 1. The molecule has 0 bridgehead atoms. The van der Waals surface area contributed by atoms with E-state index in [0.717, 1.165) is 17.0 Å². The van der Waals surface area contributed by atoms with Gasteiger partial charge in [0.05, 0.1) is 16.1 Å². The van der Waals surface area contributed by atoms with E-state index in [1.807, 2.05) is 0 Å². The summed E-state index contributed by atoms with van der Waals surface area (Å²) in [4.78, 5) is 38.0. The fourth-order valence-electron chi connectivity index (χ4n) is 3.63. The summed E-state index contributed by atoms with van der Waals surface area (Å²) in [6.45, 7) is 0. The highest BCUT2D eigenvalue weighted by Crippen LogP contribution is 2.44. The van der Waals surface area contributed by atoms with Gasteiger partial charge in [0.2, 0.25) is 0 Å². The fourth-order valence-corrected chi connectivity index (χ4v) is 3.63. The van der Waals surface area contributed by atoms with Crippen molar-refractivity contribution < 1.29 is 24.0 Å². The molecule has 0 radical (unpaired) electrons. The van der Waals surface area contributed by atoms with Crippen LogP contribution in [0.4, 0.5) is 15.8 Å². The molecule has 3 aromatic rings. The Morgan fingerprint density at radius 2 is 1.55 bits per heavy atom. The van der Waals surface area contributed by atoms with Gasteiger partial charge in [-0.2, -0.15) is 0 Å². The van der Waals surface area contributed by atoms with Crippen LogP contribution in [-0.4, -0.2) is 21.7 Å². The Kier molecular flexibility index (Phi) is 5.04. The first kappa shape index (κ1) is 20.0. The van der Waals surface area contributed by atoms with Gasteiger partial charge in [-0.05, 0) is 30.3 Å². The van der Waals surface area contributed by atoms with Crippen molar-refractivity contribution in [2.75, 3.05) is 4.90 Å². The number of carbonyl (C=O) groups excluding carboxylic acids is 2. The molecule has 7 nitrogen and oxygen atoms in total. The highest BCUT2D eigenvalue weighted by Gasteiger charge is 2.48. The standard InChI is InChI=1S/C23H15FN2O5/c24-15-10-12-16(13-11-15)25-20(17-8-4-5-9-18(17)26(30)31)19(22(28)23(25)29)21(27)14-6-2-1-3-7-14/h1-13,20,27H/b21-19-. The van der Waals surface area contributed by atoms with Crippen molar-refractivity contribution in [3.63, 3.8) is 0 Å². The Morgan fingerprint density at radius 1 is 0.935 bits per heavy atom. The number of rotatable bonds is 4. The van der Waals surface area contributed by atoms with Gasteiger partial charge < -0.3 is 5.11 Å². The lowest BCUT2D eigenvalue weighted by molar-refractivity contribution is -0.385. The summed E-state index contributed by atoms with van der Waals surface area (Å²) in [6, 6.07) is 17.3. The zero-order chi connectivity index (χ0) is 22.1. The van der Waals surface area contributed by atoms with Crippen molar-refractivity contribution in [2.45, 2.75) is 6.04 Å². The fraction of sp³-hybridized carbons (Fsp3) is 0.0435. The van der Waals surface area contributed by atoms with E-state index in [1.165, 1.54) is 36.4 Å². The average molecular weight is 418 g/mol. The number of aliphatic hydroxyl groups is 1. The summed E-state index contributed by atoms with van der Waals surface area (Å²) >= 11 is 0. The van der Waals surface area contributed by atoms with Crippen molar-refractivity contribution in [2.24, 2.45) is 0 Å². The van der Waals surface area contributed by atoms with Crippen LogP contribution in [0.2, 0.25) is 0 Å². The first-order valence-corrected chi connectivity index (χ1v) is 9.25. The lowest BCUT2D eigenvalue weighted by Crippen LogP contribution is -2.29. The van der Waals surface area contributed by atoms with Gasteiger partial charge in [0, 0.05) is 17.3 Å². The second-order valence-corrected chi connectivity index (χ2v) is 6.83. The van der Waals surface area contributed by atoms with E-state index >= 15 is 0 Å². The van der Waals surface area contributed by atoms with Crippen LogP contribution in [0.25, 0.3) is 5.76 Å². The van der Waals surface area contributed by atoms with E-state index in [0.29, 0.717) is 0 Å². The summed E-state index contributed by atoms with van der Waals surface area (Å²) in [5.74, 6) is -2.97. The van der Waals surface area contributed by atoms with Crippen LogP contribution in [0.3, 0.4) is 0 Å². The minimum absolute atomic E-state index is 0.0495. The smallest absolute Gasteiger partial charge is 0.300 e. The Labute approximate surface area is 175 Å². The van der Waals surface area contributed by atoms with E-state index in [4.69, 9.17) is 0 Å². The molecule has 0 spiro atoms. The minimum Gasteiger partial charge on any atom is -0.507 e.